The zero-order chi connectivity index (χ0) is 21.1. The summed E-state index contributed by atoms with van der Waals surface area (Å²) in [4.78, 5) is 12.8. The molecule has 0 spiro atoms. The summed E-state index contributed by atoms with van der Waals surface area (Å²) in [6.07, 6.45) is 4.85. The zero-order valence-electron chi connectivity index (χ0n) is 17.0. The van der Waals surface area contributed by atoms with Crippen LogP contribution in [0.4, 0.5) is 10.6 Å². The predicted molar refractivity (Wildman–Crippen MR) is 112 cm³/mol. The highest BCUT2D eigenvalue weighted by Gasteiger charge is 2.27. The zero-order valence-corrected chi connectivity index (χ0v) is 17.0. The number of anilines is 1. The summed E-state index contributed by atoms with van der Waals surface area (Å²) in [5.41, 5.74) is 4.49. The average Bonchev–Trinajstić information content (AvgIpc) is 2.79. The van der Waals surface area contributed by atoms with Gasteiger partial charge in [0, 0.05) is 30.3 Å². The quantitative estimate of drug-likeness (QED) is 0.798. The number of benzene rings is 1. The number of nitrogens with zero attached hydrogens (tertiary/aromatic N) is 4. The fourth-order valence-corrected chi connectivity index (χ4v) is 4.40. The number of likely N-dealkylation sites (tertiary alicyclic amines) is 1. The number of carboxylic acid groups (broad SMARTS) is 1. The number of amides is 1. The third-order valence-corrected chi connectivity index (χ3v) is 5.91. The van der Waals surface area contributed by atoms with Crippen molar-refractivity contribution in [3.8, 4) is 23.1 Å². The van der Waals surface area contributed by atoms with Crippen LogP contribution < -0.4 is 10.1 Å². The summed E-state index contributed by atoms with van der Waals surface area (Å²) >= 11 is 0. The fourth-order valence-electron chi connectivity index (χ4n) is 4.40. The number of aromatic nitrogens is 2. The van der Waals surface area contributed by atoms with Gasteiger partial charge in [-0.1, -0.05) is 0 Å². The first-order valence-corrected chi connectivity index (χ1v) is 10.3. The van der Waals surface area contributed by atoms with Gasteiger partial charge >= 0.3 is 6.09 Å². The van der Waals surface area contributed by atoms with Gasteiger partial charge in [-0.05, 0) is 62.3 Å². The first-order chi connectivity index (χ1) is 14.6. The van der Waals surface area contributed by atoms with E-state index >= 15 is 0 Å². The van der Waals surface area contributed by atoms with Crippen LogP contribution in [-0.2, 0) is 12.8 Å². The Balaban J connectivity index is 1.68. The number of hydrogen-bond donors (Lipinski definition) is 2. The lowest BCUT2D eigenvalue weighted by atomic mass is 9.88. The van der Waals surface area contributed by atoms with E-state index in [1.54, 1.807) is 19.2 Å². The van der Waals surface area contributed by atoms with Gasteiger partial charge in [0.2, 0.25) is 0 Å². The molecule has 156 valence electrons. The van der Waals surface area contributed by atoms with Gasteiger partial charge in [0.25, 0.3) is 0 Å². The van der Waals surface area contributed by atoms with E-state index in [4.69, 9.17) is 4.74 Å². The molecule has 4 rings (SSSR count). The number of rotatable bonds is 4. The van der Waals surface area contributed by atoms with Gasteiger partial charge in [-0.15, -0.1) is 10.2 Å². The van der Waals surface area contributed by atoms with E-state index in [1.807, 2.05) is 6.07 Å². The van der Waals surface area contributed by atoms with Crippen LogP contribution in [0.25, 0.3) is 11.3 Å². The fraction of sp³-hybridized carbons (Fsp3) is 0.455. The van der Waals surface area contributed by atoms with Crippen molar-refractivity contribution in [3.63, 3.8) is 0 Å². The van der Waals surface area contributed by atoms with Crippen LogP contribution in [0.15, 0.2) is 18.2 Å². The van der Waals surface area contributed by atoms with E-state index in [2.05, 4.69) is 21.6 Å². The topological polar surface area (TPSA) is 111 Å². The van der Waals surface area contributed by atoms with Crippen LogP contribution in [-0.4, -0.2) is 52.5 Å². The third kappa shape index (κ3) is 3.88. The SMILES string of the molecule is COc1cc(C#N)ccc1-c1nnc(NC2CCCN(C(=O)O)C2)c2c1CCCC2. The molecule has 0 saturated carbocycles. The van der Waals surface area contributed by atoms with E-state index in [0.717, 1.165) is 66.7 Å². The minimum atomic E-state index is -0.877. The van der Waals surface area contributed by atoms with Crippen molar-refractivity contribution in [2.75, 3.05) is 25.5 Å². The lowest BCUT2D eigenvalue weighted by Crippen LogP contribution is -2.44. The largest absolute Gasteiger partial charge is 0.496 e. The highest BCUT2D eigenvalue weighted by Crippen LogP contribution is 2.37. The van der Waals surface area contributed by atoms with Crippen molar-refractivity contribution in [2.45, 2.75) is 44.6 Å². The Morgan fingerprint density at radius 2 is 2.07 bits per heavy atom. The molecule has 8 heteroatoms. The third-order valence-electron chi connectivity index (χ3n) is 5.91. The number of piperidine rings is 1. The molecule has 0 bridgehead atoms. The number of nitrogens with one attached hydrogen (secondary N) is 1. The van der Waals surface area contributed by atoms with Crippen molar-refractivity contribution in [2.24, 2.45) is 0 Å². The highest BCUT2D eigenvalue weighted by atomic mass is 16.5. The average molecular weight is 407 g/mol. The van der Waals surface area contributed by atoms with Crippen molar-refractivity contribution in [1.82, 2.24) is 15.1 Å². The molecule has 0 radical (unpaired) electrons. The van der Waals surface area contributed by atoms with Crippen molar-refractivity contribution in [1.29, 1.82) is 5.26 Å². The molecule has 1 aromatic heterocycles. The molecule has 2 N–H and O–H groups in total. The number of methoxy groups -OCH3 is 1. The lowest BCUT2D eigenvalue weighted by molar-refractivity contribution is 0.132. The molecule has 1 aliphatic carbocycles. The molecule has 1 atom stereocenters. The summed E-state index contributed by atoms with van der Waals surface area (Å²) in [6.45, 7) is 1.03. The van der Waals surface area contributed by atoms with Gasteiger partial charge in [-0.2, -0.15) is 5.26 Å². The van der Waals surface area contributed by atoms with E-state index in [-0.39, 0.29) is 6.04 Å². The number of hydrogen-bond acceptors (Lipinski definition) is 6. The first kappa shape index (κ1) is 20.0. The van der Waals surface area contributed by atoms with Gasteiger partial charge in [-0.25, -0.2) is 4.79 Å². The monoisotopic (exact) mass is 407 g/mol. The van der Waals surface area contributed by atoms with Crippen LogP contribution in [0.1, 0.15) is 42.4 Å². The lowest BCUT2D eigenvalue weighted by Gasteiger charge is -2.32. The summed E-state index contributed by atoms with van der Waals surface area (Å²) < 4.78 is 5.52. The first-order valence-electron chi connectivity index (χ1n) is 10.3. The summed E-state index contributed by atoms with van der Waals surface area (Å²) in [6, 6.07) is 7.53. The number of nitriles is 1. The summed E-state index contributed by atoms with van der Waals surface area (Å²) in [5, 5.41) is 31.0. The molecule has 2 aromatic rings. The standard InChI is InChI=1S/C22H25N5O3/c1-30-19-11-14(12-23)8-9-18(19)20-16-6-2-3-7-17(16)21(26-25-20)24-15-5-4-10-27(13-15)22(28)29/h8-9,11,15H,2-7,10,13H2,1H3,(H,24,26)(H,28,29). The molecule has 1 amide bonds. The Morgan fingerprint density at radius 3 is 2.80 bits per heavy atom. The normalized spacial score (nSPS) is 18.3. The second-order valence-electron chi connectivity index (χ2n) is 7.80. The van der Waals surface area contributed by atoms with Gasteiger partial charge in [-0.3, -0.25) is 0 Å². The maximum absolute atomic E-state index is 11.3. The van der Waals surface area contributed by atoms with Gasteiger partial charge in [0.15, 0.2) is 5.82 Å². The van der Waals surface area contributed by atoms with Gasteiger partial charge in [0.05, 0.1) is 18.7 Å². The Bertz CT molecular complexity index is 1000. The highest BCUT2D eigenvalue weighted by molar-refractivity contribution is 5.74. The Hall–Kier alpha value is -3.34. The van der Waals surface area contributed by atoms with Crippen LogP contribution >= 0.6 is 0 Å². The van der Waals surface area contributed by atoms with E-state index < -0.39 is 6.09 Å². The second kappa shape index (κ2) is 8.57. The molecule has 30 heavy (non-hydrogen) atoms. The van der Waals surface area contributed by atoms with Crippen molar-refractivity contribution >= 4 is 11.9 Å². The number of ether oxygens (including phenoxy) is 1. The van der Waals surface area contributed by atoms with E-state index in [0.29, 0.717) is 24.4 Å². The van der Waals surface area contributed by atoms with E-state index in [1.165, 1.54) is 4.90 Å². The van der Waals surface area contributed by atoms with Gasteiger partial charge < -0.3 is 20.1 Å². The molecule has 1 aromatic carbocycles. The molecular weight excluding hydrogens is 382 g/mol. The molecular formula is C22H25N5O3. The molecule has 1 unspecified atom stereocenters. The molecule has 2 heterocycles. The smallest absolute Gasteiger partial charge is 0.407 e. The van der Waals surface area contributed by atoms with Gasteiger partial charge in [0.1, 0.15) is 11.4 Å². The Kier molecular flexibility index (Phi) is 5.70. The van der Waals surface area contributed by atoms with E-state index in [9.17, 15) is 15.2 Å². The minimum absolute atomic E-state index is 0.0328. The van der Waals surface area contributed by atoms with Crippen LogP contribution in [0.3, 0.4) is 0 Å². The van der Waals surface area contributed by atoms with Crippen LogP contribution in [0.2, 0.25) is 0 Å². The number of fused-ring (bicyclic) bond motifs is 1. The maximum Gasteiger partial charge on any atom is 0.407 e. The second-order valence-corrected chi connectivity index (χ2v) is 7.80. The van der Waals surface area contributed by atoms with Crippen molar-refractivity contribution < 1.29 is 14.6 Å². The molecule has 8 nitrogen and oxygen atoms in total. The predicted octanol–water partition coefficient (Wildman–Crippen LogP) is 3.46. The summed E-state index contributed by atoms with van der Waals surface area (Å²) in [5.74, 6) is 1.37. The molecule has 1 saturated heterocycles. The molecule has 1 aliphatic heterocycles. The maximum atomic E-state index is 11.3. The summed E-state index contributed by atoms with van der Waals surface area (Å²) in [7, 11) is 1.59. The van der Waals surface area contributed by atoms with Crippen LogP contribution in [0, 0.1) is 11.3 Å². The van der Waals surface area contributed by atoms with Crippen LogP contribution in [0.5, 0.6) is 5.75 Å². The van der Waals surface area contributed by atoms with Crippen molar-refractivity contribution in [3.05, 3.63) is 34.9 Å². The Morgan fingerprint density at radius 1 is 1.27 bits per heavy atom. The minimum Gasteiger partial charge on any atom is -0.496 e. The number of carbonyl (C=O) groups is 1. The Labute approximate surface area is 175 Å². The molecule has 2 aliphatic rings. The molecule has 1 fully saturated rings.